The van der Waals surface area contributed by atoms with E-state index >= 15 is 0 Å². The number of benzene rings is 1. The summed E-state index contributed by atoms with van der Waals surface area (Å²) < 4.78 is 0. The Bertz CT molecular complexity index is 703. The summed E-state index contributed by atoms with van der Waals surface area (Å²) in [5.41, 5.74) is 0.483. The zero-order chi connectivity index (χ0) is 21.8. The fourth-order valence-corrected chi connectivity index (χ4v) is 4.40. The first kappa shape index (κ1) is 24.3. The maximum Gasteiger partial charge on any atom is 0.253 e. The lowest BCUT2D eigenvalue weighted by atomic mass is 9.97. The highest BCUT2D eigenvalue weighted by Gasteiger charge is 2.19. The van der Waals surface area contributed by atoms with Crippen molar-refractivity contribution in [1.82, 2.24) is 16.0 Å². The van der Waals surface area contributed by atoms with Gasteiger partial charge in [0.25, 0.3) is 5.91 Å². The van der Waals surface area contributed by atoms with E-state index in [1.165, 1.54) is 43.9 Å². The zero-order valence-corrected chi connectivity index (χ0v) is 19.0. The molecule has 1 saturated carbocycles. The van der Waals surface area contributed by atoms with Crippen molar-refractivity contribution in [2.75, 3.05) is 12.3 Å². The SMILES string of the molecule is CCCNC(=O)[C@H](C)NC(=O)c1ccccc1SCC(=O)NC1CCCCCCC1. The molecule has 0 heterocycles. The summed E-state index contributed by atoms with van der Waals surface area (Å²) in [6.45, 7) is 4.23. The summed E-state index contributed by atoms with van der Waals surface area (Å²) in [6.07, 6.45) is 9.08. The van der Waals surface area contributed by atoms with Crippen LogP contribution in [-0.2, 0) is 9.59 Å². The lowest BCUT2D eigenvalue weighted by Gasteiger charge is -2.21. The quantitative estimate of drug-likeness (QED) is 0.519. The molecule has 1 fully saturated rings. The van der Waals surface area contributed by atoms with Gasteiger partial charge in [-0.25, -0.2) is 0 Å². The number of thioether (sulfide) groups is 1. The largest absolute Gasteiger partial charge is 0.354 e. The van der Waals surface area contributed by atoms with E-state index in [4.69, 9.17) is 0 Å². The molecule has 0 radical (unpaired) electrons. The molecular weight excluding hydrogens is 398 g/mol. The van der Waals surface area contributed by atoms with E-state index in [1.807, 2.05) is 19.1 Å². The molecule has 166 valence electrons. The molecule has 2 rings (SSSR count). The van der Waals surface area contributed by atoms with E-state index in [9.17, 15) is 14.4 Å². The van der Waals surface area contributed by atoms with Gasteiger partial charge in [0.15, 0.2) is 0 Å². The highest BCUT2D eigenvalue weighted by molar-refractivity contribution is 8.00. The predicted molar refractivity (Wildman–Crippen MR) is 122 cm³/mol. The standard InChI is InChI=1S/C23H35N3O3S/c1-3-15-24-22(28)17(2)25-23(29)19-13-9-10-14-20(19)30-16-21(27)26-18-11-7-5-4-6-8-12-18/h9-10,13-14,17-18H,3-8,11-12,15-16H2,1-2H3,(H,24,28)(H,25,29)(H,26,27)/t17-/m0/s1. The average molecular weight is 434 g/mol. The molecule has 0 bridgehead atoms. The van der Waals surface area contributed by atoms with E-state index in [0.29, 0.717) is 12.1 Å². The van der Waals surface area contributed by atoms with Gasteiger partial charge in [-0.05, 0) is 38.3 Å². The van der Waals surface area contributed by atoms with Crippen LogP contribution in [0.1, 0.15) is 75.6 Å². The first-order chi connectivity index (χ1) is 14.5. The van der Waals surface area contributed by atoms with Crippen LogP contribution in [0.3, 0.4) is 0 Å². The molecule has 0 aliphatic heterocycles. The Morgan fingerprint density at radius 3 is 2.43 bits per heavy atom. The maximum absolute atomic E-state index is 12.7. The highest BCUT2D eigenvalue weighted by atomic mass is 32.2. The number of carbonyl (C=O) groups excluding carboxylic acids is 3. The highest BCUT2D eigenvalue weighted by Crippen LogP contribution is 2.23. The van der Waals surface area contributed by atoms with Crippen LogP contribution in [0.25, 0.3) is 0 Å². The number of carbonyl (C=O) groups is 3. The molecule has 1 atom stereocenters. The number of hydrogen-bond donors (Lipinski definition) is 3. The van der Waals surface area contributed by atoms with Crippen LogP contribution in [0, 0.1) is 0 Å². The Kier molecular flexibility index (Phi) is 10.8. The van der Waals surface area contributed by atoms with Crippen LogP contribution in [0.15, 0.2) is 29.2 Å². The van der Waals surface area contributed by atoms with Crippen LogP contribution in [-0.4, -0.2) is 42.1 Å². The number of hydrogen-bond acceptors (Lipinski definition) is 4. The summed E-state index contributed by atoms with van der Waals surface area (Å²) >= 11 is 1.36. The summed E-state index contributed by atoms with van der Waals surface area (Å²) in [4.78, 5) is 37.9. The van der Waals surface area contributed by atoms with Crippen LogP contribution >= 0.6 is 11.8 Å². The van der Waals surface area contributed by atoms with Gasteiger partial charge in [0.2, 0.25) is 11.8 Å². The molecule has 1 aromatic carbocycles. The van der Waals surface area contributed by atoms with Gasteiger partial charge < -0.3 is 16.0 Å². The average Bonchev–Trinajstić information content (AvgIpc) is 2.72. The van der Waals surface area contributed by atoms with Crippen LogP contribution in [0.2, 0.25) is 0 Å². The van der Waals surface area contributed by atoms with E-state index in [0.717, 1.165) is 24.2 Å². The zero-order valence-electron chi connectivity index (χ0n) is 18.2. The summed E-state index contributed by atoms with van der Waals surface area (Å²) in [5, 5.41) is 8.68. The maximum atomic E-state index is 12.7. The molecule has 1 aliphatic carbocycles. The van der Waals surface area contributed by atoms with Gasteiger partial charge in [0.1, 0.15) is 6.04 Å². The van der Waals surface area contributed by atoms with Crippen molar-refractivity contribution < 1.29 is 14.4 Å². The minimum atomic E-state index is -0.621. The molecule has 0 unspecified atom stereocenters. The smallest absolute Gasteiger partial charge is 0.253 e. The Morgan fingerprint density at radius 2 is 1.73 bits per heavy atom. The van der Waals surface area contributed by atoms with E-state index in [2.05, 4.69) is 16.0 Å². The molecule has 0 aromatic heterocycles. The molecule has 0 spiro atoms. The Balaban J connectivity index is 1.88. The van der Waals surface area contributed by atoms with Gasteiger partial charge in [0.05, 0.1) is 11.3 Å². The van der Waals surface area contributed by atoms with Crippen molar-refractivity contribution in [3.63, 3.8) is 0 Å². The topological polar surface area (TPSA) is 87.3 Å². The van der Waals surface area contributed by atoms with Crippen molar-refractivity contribution in [2.24, 2.45) is 0 Å². The fraction of sp³-hybridized carbons (Fsp3) is 0.609. The van der Waals surface area contributed by atoms with Crippen LogP contribution in [0.4, 0.5) is 0 Å². The number of rotatable bonds is 9. The first-order valence-corrected chi connectivity index (χ1v) is 12.1. The molecule has 30 heavy (non-hydrogen) atoms. The second-order valence-corrected chi connectivity index (χ2v) is 8.90. The van der Waals surface area contributed by atoms with Crippen molar-refractivity contribution in [3.8, 4) is 0 Å². The third kappa shape index (κ3) is 8.38. The van der Waals surface area contributed by atoms with E-state index < -0.39 is 6.04 Å². The van der Waals surface area contributed by atoms with Crippen LogP contribution < -0.4 is 16.0 Å². The van der Waals surface area contributed by atoms with Crippen molar-refractivity contribution in [1.29, 1.82) is 0 Å². The van der Waals surface area contributed by atoms with Gasteiger partial charge >= 0.3 is 0 Å². The summed E-state index contributed by atoms with van der Waals surface area (Å²) in [5.74, 6) is -0.229. The van der Waals surface area contributed by atoms with Crippen molar-refractivity contribution >= 4 is 29.5 Å². The van der Waals surface area contributed by atoms with Gasteiger partial charge in [-0.15, -0.1) is 11.8 Å². The molecule has 3 N–H and O–H groups in total. The molecule has 3 amide bonds. The minimum Gasteiger partial charge on any atom is -0.354 e. The number of nitrogens with one attached hydrogen (secondary N) is 3. The minimum absolute atomic E-state index is 0.00750. The monoisotopic (exact) mass is 433 g/mol. The fourth-order valence-electron chi connectivity index (χ4n) is 3.53. The van der Waals surface area contributed by atoms with Gasteiger partial charge in [-0.3, -0.25) is 14.4 Å². The molecule has 1 aromatic rings. The summed E-state index contributed by atoms with van der Waals surface area (Å²) in [7, 11) is 0. The van der Waals surface area contributed by atoms with E-state index in [1.54, 1.807) is 19.1 Å². The van der Waals surface area contributed by atoms with Crippen molar-refractivity contribution in [3.05, 3.63) is 29.8 Å². The van der Waals surface area contributed by atoms with Gasteiger partial charge in [0, 0.05) is 17.5 Å². The third-order valence-electron chi connectivity index (χ3n) is 5.25. The van der Waals surface area contributed by atoms with Gasteiger partial charge in [-0.1, -0.05) is 51.2 Å². The molecule has 0 saturated heterocycles. The number of amides is 3. The van der Waals surface area contributed by atoms with Crippen molar-refractivity contribution in [2.45, 2.75) is 82.2 Å². The second kappa shape index (κ2) is 13.3. The Morgan fingerprint density at radius 1 is 1.07 bits per heavy atom. The predicted octanol–water partition coefficient (Wildman–Crippen LogP) is 3.65. The van der Waals surface area contributed by atoms with Gasteiger partial charge in [-0.2, -0.15) is 0 Å². The normalized spacial score (nSPS) is 16.1. The van der Waals surface area contributed by atoms with Crippen LogP contribution in [0.5, 0.6) is 0 Å². The lowest BCUT2D eigenvalue weighted by Crippen LogP contribution is -2.45. The first-order valence-electron chi connectivity index (χ1n) is 11.1. The second-order valence-electron chi connectivity index (χ2n) is 7.88. The third-order valence-corrected chi connectivity index (χ3v) is 6.32. The molecule has 1 aliphatic rings. The lowest BCUT2D eigenvalue weighted by molar-refractivity contribution is -0.122. The Hall–Kier alpha value is -2.02. The van der Waals surface area contributed by atoms with E-state index in [-0.39, 0.29) is 29.5 Å². The summed E-state index contributed by atoms with van der Waals surface area (Å²) in [6, 6.07) is 6.84. The molecular formula is C23H35N3O3S. The molecule has 7 heteroatoms. The molecule has 6 nitrogen and oxygen atoms in total. The Labute approximate surface area is 184 Å².